The Morgan fingerprint density at radius 3 is 2.58 bits per heavy atom. The molecule has 2 amide bonds. The zero-order valence-electron chi connectivity index (χ0n) is 14.7. The molecule has 0 radical (unpaired) electrons. The second-order valence-corrected chi connectivity index (χ2v) is 7.44. The molecule has 2 fully saturated rings. The molecule has 0 spiro atoms. The smallest absolute Gasteiger partial charge is 0.317 e. The van der Waals surface area contributed by atoms with Crippen LogP contribution in [0.2, 0.25) is 0 Å². The molecule has 4 nitrogen and oxygen atoms in total. The zero-order valence-corrected chi connectivity index (χ0v) is 14.7. The van der Waals surface area contributed by atoms with E-state index in [4.69, 9.17) is 5.73 Å². The molecule has 2 aliphatic rings. The molecule has 1 saturated heterocycles. The zero-order chi connectivity index (χ0) is 16.8. The maximum atomic E-state index is 12.7. The van der Waals surface area contributed by atoms with Crippen LogP contribution in [0.3, 0.4) is 0 Å². The molecule has 1 saturated carbocycles. The van der Waals surface area contributed by atoms with Crippen LogP contribution in [-0.2, 0) is 5.41 Å². The first-order valence-electron chi connectivity index (χ1n) is 9.55. The largest absolute Gasteiger partial charge is 0.337 e. The van der Waals surface area contributed by atoms with E-state index in [2.05, 4.69) is 35.6 Å². The van der Waals surface area contributed by atoms with E-state index in [1.54, 1.807) is 0 Å². The Bertz CT molecular complexity index is 525. The highest BCUT2D eigenvalue weighted by Gasteiger charge is 2.35. The fraction of sp³-hybridized carbons (Fsp3) is 0.650. The van der Waals surface area contributed by atoms with E-state index in [0.717, 1.165) is 38.8 Å². The van der Waals surface area contributed by atoms with Crippen LogP contribution in [0.15, 0.2) is 30.3 Å². The standard InChI is InChI=1S/C20H31N3O/c21-15-18-11-5-8-14-23(18)19(24)22-16-20(12-6-2-7-13-20)17-9-3-1-4-10-17/h1,3-4,9-10,18H,2,5-8,11-16,21H2,(H,22,24). The lowest BCUT2D eigenvalue weighted by atomic mass is 9.69. The molecule has 1 aromatic carbocycles. The lowest BCUT2D eigenvalue weighted by Crippen LogP contribution is -2.53. The predicted octanol–water partition coefficient (Wildman–Crippen LogP) is 3.41. The van der Waals surface area contributed by atoms with Crippen LogP contribution in [0.1, 0.15) is 56.9 Å². The number of nitrogens with two attached hydrogens (primary N) is 1. The van der Waals surface area contributed by atoms with Gasteiger partial charge in [0.1, 0.15) is 0 Å². The molecular weight excluding hydrogens is 298 g/mol. The third kappa shape index (κ3) is 3.75. The van der Waals surface area contributed by atoms with Gasteiger partial charge in [-0.05, 0) is 37.7 Å². The van der Waals surface area contributed by atoms with Crippen molar-refractivity contribution in [2.75, 3.05) is 19.6 Å². The summed E-state index contributed by atoms with van der Waals surface area (Å²) >= 11 is 0. The molecule has 0 bridgehead atoms. The number of carbonyl (C=O) groups is 1. The van der Waals surface area contributed by atoms with Gasteiger partial charge in [0.25, 0.3) is 0 Å². The van der Waals surface area contributed by atoms with Crippen molar-refractivity contribution < 1.29 is 4.79 Å². The summed E-state index contributed by atoms with van der Waals surface area (Å²) in [5.74, 6) is 0. The van der Waals surface area contributed by atoms with Crippen molar-refractivity contribution in [2.24, 2.45) is 5.73 Å². The topological polar surface area (TPSA) is 58.4 Å². The minimum atomic E-state index is 0.0750. The van der Waals surface area contributed by atoms with Gasteiger partial charge < -0.3 is 16.0 Å². The van der Waals surface area contributed by atoms with E-state index in [0.29, 0.717) is 6.54 Å². The van der Waals surface area contributed by atoms with Crippen LogP contribution >= 0.6 is 0 Å². The number of nitrogens with zero attached hydrogens (tertiary/aromatic N) is 1. The maximum absolute atomic E-state index is 12.7. The minimum Gasteiger partial charge on any atom is -0.337 e. The van der Waals surface area contributed by atoms with E-state index < -0.39 is 0 Å². The monoisotopic (exact) mass is 329 g/mol. The molecule has 132 valence electrons. The summed E-state index contributed by atoms with van der Waals surface area (Å²) in [5, 5.41) is 3.26. The normalized spacial score (nSPS) is 23.7. The second kappa shape index (κ2) is 8.02. The Morgan fingerprint density at radius 1 is 1.12 bits per heavy atom. The Balaban J connectivity index is 1.68. The Kier molecular flexibility index (Phi) is 5.77. The summed E-state index contributed by atoms with van der Waals surface area (Å²) in [6.45, 7) is 2.15. The number of benzene rings is 1. The van der Waals surface area contributed by atoms with E-state index in [9.17, 15) is 4.79 Å². The molecule has 1 aromatic rings. The van der Waals surface area contributed by atoms with E-state index in [-0.39, 0.29) is 17.5 Å². The summed E-state index contributed by atoms with van der Waals surface area (Å²) in [6.07, 6.45) is 9.44. The number of hydrogen-bond acceptors (Lipinski definition) is 2. The van der Waals surface area contributed by atoms with Gasteiger partial charge >= 0.3 is 6.03 Å². The predicted molar refractivity (Wildman–Crippen MR) is 98.0 cm³/mol. The average Bonchev–Trinajstić information content (AvgIpc) is 2.67. The van der Waals surface area contributed by atoms with Crippen molar-refractivity contribution in [3.63, 3.8) is 0 Å². The second-order valence-electron chi connectivity index (χ2n) is 7.44. The number of nitrogens with one attached hydrogen (secondary N) is 1. The van der Waals surface area contributed by atoms with Crippen LogP contribution in [0.4, 0.5) is 4.79 Å². The quantitative estimate of drug-likeness (QED) is 0.889. The molecule has 0 aromatic heterocycles. The molecule has 1 unspecified atom stereocenters. The van der Waals surface area contributed by atoms with Crippen molar-refractivity contribution in [1.82, 2.24) is 10.2 Å². The van der Waals surface area contributed by atoms with Gasteiger partial charge in [0, 0.05) is 31.1 Å². The fourth-order valence-corrected chi connectivity index (χ4v) is 4.45. The molecule has 1 atom stereocenters. The summed E-state index contributed by atoms with van der Waals surface area (Å²) in [4.78, 5) is 14.7. The summed E-state index contributed by atoms with van der Waals surface area (Å²) in [6, 6.07) is 11.0. The first-order chi connectivity index (χ1) is 11.7. The van der Waals surface area contributed by atoms with Gasteiger partial charge in [0.2, 0.25) is 0 Å². The number of urea groups is 1. The van der Waals surface area contributed by atoms with E-state index in [1.807, 2.05) is 4.90 Å². The first kappa shape index (κ1) is 17.3. The van der Waals surface area contributed by atoms with Gasteiger partial charge in [-0.2, -0.15) is 0 Å². The molecule has 1 aliphatic heterocycles. The van der Waals surface area contributed by atoms with Crippen molar-refractivity contribution in [1.29, 1.82) is 0 Å². The highest BCUT2D eigenvalue weighted by molar-refractivity contribution is 5.74. The van der Waals surface area contributed by atoms with Crippen LogP contribution in [0, 0.1) is 0 Å². The molecule has 24 heavy (non-hydrogen) atoms. The fourth-order valence-electron chi connectivity index (χ4n) is 4.45. The van der Waals surface area contributed by atoms with Gasteiger partial charge in [0.05, 0.1) is 0 Å². The van der Waals surface area contributed by atoms with Gasteiger partial charge in [-0.1, -0.05) is 49.6 Å². The van der Waals surface area contributed by atoms with Crippen molar-refractivity contribution >= 4 is 6.03 Å². The molecule has 1 heterocycles. The summed E-state index contributed by atoms with van der Waals surface area (Å²) in [5.41, 5.74) is 7.34. The number of carbonyl (C=O) groups excluding carboxylic acids is 1. The van der Waals surface area contributed by atoms with E-state index in [1.165, 1.54) is 31.2 Å². The Labute approximate surface area is 145 Å². The molecular formula is C20H31N3O. The van der Waals surface area contributed by atoms with Crippen LogP contribution in [0.5, 0.6) is 0 Å². The third-order valence-electron chi connectivity index (χ3n) is 5.93. The van der Waals surface area contributed by atoms with Crippen molar-refractivity contribution in [3.05, 3.63) is 35.9 Å². The third-order valence-corrected chi connectivity index (χ3v) is 5.93. The molecule has 4 heteroatoms. The first-order valence-corrected chi connectivity index (χ1v) is 9.55. The average molecular weight is 329 g/mol. The van der Waals surface area contributed by atoms with Crippen molar-refractivity contribution in [3.8, 4) is 0 Å². The lowest BCUT2D eigenvalue weighted by molar-refractivity contribution is 0.149. The Hall–Kier alpha value is -1.55. The summed E-state index contributed by atoms with van der Waals surface area (Å²) in [7, 11) is 0. The van der Waals surface area contributed by atoms with Gasteiger partial charge in [-0.25, -0.2) is 4.79 Å². The molecule has 3 rings (SSSR count). The molecule has 3 N–H and O–H groups in total. The van der Waals surface area contributed by atoms with Crippen LogP contribution in [0.25, 0.3) is 0 Å². The van der Waals surface area contributed by atoms with Gasteiger partial charge in [-0.15, -0.1) is 0 Å². The van der Waals surface area contributed by atoms with Crippen LogP contribution < -0.4 is 11.1 Å². The number of amides is 2. The SMILES string of the molecule is NCC1CCCCN1C(=O)NCC1(c2ccccc2)CCCCC1. The number of rotatable bonds is 4. The highest BCUT2D eigenvalue weighted by Crippen LogP contribution is 2.39. The summed E-state index contributed by atoms with van der Waals surface area (Å²) < 4.78 is 0. The van der Waals surface area contributed by atoms with Crippen molar-refractivity contribution in [2.45, 2.75) is 62.8 Å². The Morgan fingerprint density at radius 2 is 1.88 bits per heavy atom. The lowest BCUT2D eigenvalue weighted by Gasteiger charge is -2.40. The van der Waals surface area contributed by atoms with E-state index >= 15 is 0 Å². The van der Waals surface area contributed by atoms with Gasteiger partial charge in [-0.3, -0.25) is 0 Å². The number of hydrogen-bond donors (Lipinski definition) is 2. The number of piperidine rings is 1. The van der Waals surface area contributed by atoms with Gasteiger partial charge in [0.15, 0.2) is 0 Å². The molecule has 1 aliphatic carbocycles. The maximum Gasteiger partial charge on any atom is 0.317 e. The number of likely N-dealkylation sites (tertiary alicyclic amines) is 1. The minimum absolute atomic E-state index is 0.0750. The van der Waals surface area contributed by atoms with Crippen LogP contribution in [-0.4, -0.2) is 36.6 Å². The highest BCUT2D eigenvalue weighted by atomic mass is 16.2.